The van der Waals surface area contributed by atoms with Gasteiger partial charge in [-0.25, -0.2) is 0 Å². The van der Waals surface area contributed by atoms with Crippen LogP contribution in [0.4, 0.5) is 0 Å². The van der Waals surface area contributed by atoms with E-state index >= 15 is 0 Å². The van der Waals surface area contributed by atoms with E-state index in [0.29, 0.717) is 12.3 Å². The molecule has 6 heteroatoms. The van der Waals surface area contributed by atoms with E-state index < -0.39 is 16.3 Å². The van der Waals surface area contributed by atoms with Gasteiger partial charge in [-0.1, -0.05) is 12.8 Å². The zero-order valence-corrected chi connectivity index (χ0v) is 10.8. The fraction of sp³-hybridized carbons (Fsp3) is 0.818. The molecular weight excluding hydrogens is 240 g/mol. The number of carbonyl (C=O) groups excluding carboxylic acids is 2. The Bertz CT molecular complexity index is 364. The molecule has 1 saturated carbocycles. The molecule has 1 saturated heterocycles. The number of nitrogens with zero attached hydrogens (tertiary/aromatic N) is 1. The summed E-state index contributed by atoms with van der Waals surface area (Å²) in [4.78, 5) is 25.5. The fourth-order valence-electron chi connectivity index (χ4n) is 2.64. The lowest BCUT2D eigenvalue weighted by atomic mass is 9.93. The molecule has 1 atom stereocenters. The molecule has 2 rings (SSSR count). The van der Waals surface area contributed by atoms with Crippen LogP contribution in [0.5, 0.6) is 0 Å². The van der Waals surface area contributed by atoms with E-state index in [-0.39, 0.29) is 18.4 Å². The Balaban J connectivity index is 2.09. The molecule has 0 bridgehead atoms. The third kappa shape index (κ3) is 2.51. The lowest BCUT2D eigenvalue weighted by molar-refractivity contribution is -0.149. The summed E-state index contributed by atoms with van der Waals surface area (Å²) in [5.74, 6) is 0.364. The molecule has 17 heavy (non-hydrogen) atoms. The summed E-state index contributed by atoms with van der Waals surface area (Å²) < 4.78 is 11.1. The first kappa shape index (κ1) is 12.5. The second kappa shape index (κ2) is 4.76. The highest BCUT2D eigenvalue weighted by atomic mass is 32.2. The van der Waals surface area contributed by atoms with Gasteiger partial charge in [-0.05, 0) is 12.8 Å². The van der Waals surface area contributed by atoms with Crippen LogP contribution in [0, 0.1) is 0 Å². The van der Waals surface area contributed by atoms with Gasteiger partial charge in [0.2, 0.25) is 11.8 Å². The van der Waals surface area contributed by atoms with Crippen LogP contribution in [0.15, 0.2) is 0 Å². The van der Waals surface area contributed by atoms with Gasteiger partial charge in [-0.3, -0.25) is 13.8 Å². The maximum atomic E-state index is 12.3. The standard InChI is InChI=1S/C11H18N2O3S/c1-17(16)7-6-13-8-9(14)12-11(10(13)15)4-2-3-5-11/h2-8H2,1H3,(H,12,14). The van der Waals surface area contributed by atoms with Gasteiger partial charge in [0.1, 0.15) is 5.54 Å². The van der Waals surface area contributed by atoms with Crippen molar-refractivity contribution in [1.29, 1.82) is 0 Å². The van der Waals surface area contributed by atoms with Crippen molar-refractivity contribution < 1.29 is 13.8 Å². The Labute approximate surface area is 103 Å². The summed E-state index contributed by atoms with van der Waals surface area (Å²) in [6.45, 7) is 0.523. The summed E-state index contributed by atoms with van der Waals surface area (Å²) >= 11 is 0. The molecule has 1 aliphatic heterocycles. The summed E-state index contributed by atoms with van der Waals surface area (Å²) in [5.41, 5.74) is -0.648. The molecule has 1 aliphatic carbocycles. The Morgan fingerprint density at radius 2 is 2.00 bits per heavy atom. The Morgan fingerprint density at radius 1 is 1.35 bits per heavy atom. The van der Waals surface area contributed by atoms with E-state index in [1.165, 1.54) is 0 Å². The molecule has 1 spiro atoms. The average molecular weight is 258 g/mol. The molecule has 1 heterocycles. The molecule has 2 amide bonds. The lowest BCUT2D eigenvalue weighted by Crippen LogP contribution is -2.65. The highest BCUT2D eigenvalue weighted by molar-refractivity contribution is 7.84. The van der Waals surface area contributed by atoms with Crippen LogP contribution in [0.1, 0.15) is 25.7 Å². The zero-order chi connectivity index (χ0) is 12.5. The molecule has 5 nitrogen and oxygen atoms in total. The van der Waals surface area contributed by atoms with Crippen LogP contribution < -0.4 is 5.32 Å². The van der Waals surface area contributed by atoms with Crippen LogP contribution in [-0.2, 0) is 20.4 Å². The Hall–Kier alpha value is -0.910. The van der Waals surface area contributed by atoms with Gasteiger partial charge < -0.3 is 10.2 Å². The SMILES string of the molecule is CS(=O)CCN1CC(=O)NC2(CCCC2)C1=O. The van der Waals surface area contributed by atoms with Crippen molar-refractivity contribution in [2.45, 2.75) is 31.2 Å². The van der Waals surface area contributed by atoms with Crippen LogP contribution in [0.2, 0.25) is 0 Å². The fourth-order valence-corrected chi connectivity index (χ4v) is 3.12. The van der Waals surface area contributed by atoms with Crippen molar-refractivity contribution >= 4 is 22.6 Å². The third-order valence-electron chi connectivity index (χ3n) is 3.52. The zero-order valence-electron chi connectivity index (χ0n) is 10.0. The highest BCUT2D eigenvalue weighted by Gasteiger charge is 2.47. The van der Waals surface area contributed by atoms with Crippen LogP contribution in [-0.4, -0.2) is 51.6 Å². The predicted molar refractivity (Wildman–Crippen MR) is 64.9 cm³/mol. The van der Waals surface area contributed by atoms with E-state index in [0.717, 1.165) is 25.7 Å². The first-order chi connectivity index (χ1) is 8.03. The van der Waals surface area contributed by atoms with E-state index in [1.807, 2.05) is 0 Å². The first-order valence-electron chi connectivity index (χ1n) is 5.94. The second-order valence-electron chi connectivity index (χ2n) is 4.84. The van der Waals surface area contributed by atoms with Crippen LogP contribution in [0.3, 0.4) is 0 Å². The summed E-state index contributed by atoms with van der Waals surface area (Å²) in [5, 5.41) is 2.85. The largest absolute Gasteiger partial charge is 0.340 e. The van der Waals surface area contributed by atoms with Gasteiger partial charge in [-0.2, -0.15) is 0 Å². The molecular formula is C11H18N2O3S. The molecule has 0 aromatic heterocycles. The van der Waals surface area contributed by atoms with Gasteiger partial charge in [0.25, 0.3) is 0 Å². The Morgan fingerprint density at radius 3 is 2.59 bits per heavy atom. The summed E-state index contributed by atoms with van der Waals surface area (Å²) in [6.07, 6.45) is 5.06. The van der Waals surface area contributed by atoms with Crippen molar-refractivity contribution in [3.8, 4) is 0 Å². The minimum Gasteiger partial charge on any atom is -0.340 e. The second-order valence-corrected chi connectivity index (χ2v) is 6.40. The van der Waals surface area contributed by atoms with Gasteiger partial charge in [-0.15, -0.1) is 0 Å². The number of hydrogen-bond donors (Lipinski definition) is 1. The summed E-state index contributed by atoms with van der Waals surface area (Å²) in [6, 6.07) is 0. The molecule has 1 unspecified atom stereocenters. The molecule has 96 valence electrons. The molecule has 0 radical (unpaired) electrons. The minimum absolute atomic E-state index is 0.0139. The third-order valence-corrected chi connectivity index (χ3v) is 4.27. The van der Waals surface area contributed by atoms with Crippen LogP contribution >= 0.6 is 0 Å². The number of hydrogen-bond acceptors (Lipinski definition) is 3. The molecule has 2 fully saturated rings. The normalized spacial score (nSPS) is 25.1. The smallest absolute Gasteiger partial charge is 0.248 e. The maximum Gasteiger partial charge on any atom is 0.248 e. The number of rotatable bonds is 3. The molecule has 2 aliphatic rings. The van der Waals surface area contributed by atoms with Crippen molar-refractivity contribution in [1.82, 2.24) is 10.2 Å². The molecule has 0 aromatic rings. The maximum absolute atomic E-state index is 12.3. The van der Waals surface area contributed by atoms with E-state index in [4.69, 9.17) is 0 Å². The van der Waals surface area contributed by atoms with Crippen molar-refractivity contribution in [3.05, 3.63) is 0 Å². The van der Waals surface area contributed by atoms with E-state index in [1.54, 1.807) is 11.2 Å². The quantitative estimate of drug-likeness (QED) is 0.751. The molecule has 1 N–H and O–H groups in total. The van der Waals surface area contributed by atoms with E-state index in [2.05, 4.69) is 5.32 Å². The van der Waals surface area contributed by atoms with Gasteiger partial charge >= 0.3 is 0 Å². The number of carbonyl (C=O) groups is 2. The topological polar surface area (TPSA) is 66.5 Å². The highest BCUT2D eigenvalue weighted by Crippen LogP contribution is 2.33. The lowest BCUT2D eigenvalue weighted by Gasteiger charge is -2.39. The van der Waals surface area contributed by atoms with Crippen molar-refractivity contribution in [2.24, 2.45) is 0 Å². The first-order valence-corrected chi connectivity index (χ1v) is 7.67. The van der Waals surface area contributed by atoms with Gasteiger partial charge in [0.15, 0.2) is 0 Å². The van der Waals surface area contributed by atoms with Crippen LogP contribution in [0.25, 0.3) is 0 Å². The number of amides is 2. The Kier molecular flexibility index (Phi) is 3.51. The summed E-state index contributed by atoms with van der Waals surface area (Å²) in [7, 11) is -0.932. The van der Waals surface area contributed by atoms with Crippen molar-refractivity contribution in [2.75, 3.05) is 25.1 Å². The number of piperazine rings is 1. The van der Waals surface area contributed by atoms with Gasteiger partial charge in [0, 0.05) is 29.4 Å². The van der Waals surface area contributed by atoms with Gasteiger partial charge in [0.05, 0.1) is 6.54 Å². The predicted octanol–water partition coefficient (Wildman–Crippen LogP) is -0.364. The monoisotopic (exact) mass is 258 g/mol. The molecule has 0 aromatic carbocycles. The average Bonchev–Trinajstić information content (AvgIpc) is 2.71. The van der Waals surface area contributed by atoms with Crippen molar-refractivity contribution in [3.63, 3.8) is 0 Å². The minimum atomic E-state index is -0.932. The number of nitrogens with one attached hydrogen (secondary N) is 1. The van der Waals surface area contributed by atoms with E-state index in [9.17, 15) is 13.8 Å².